The van der Waals surface area contributed by atoms with Crippen LogP contribution in [0.5, 0.6) is 0 Å². The molecule has 3 heterocycles. The number of carbonyl (C=O) groups is 2. The first-order valence-corrected chi connectivity index (χ1v) is 10.7. The van der Waals surface area contributed by atoms with E-state index in [1.54, 1.807) is 11.9 Å². The van der Waals surface area contributed by atoms with Crippen molar-refractivity contribution in [1.29, 1.82) is 0 Å². The molecule has 5 rings (SSSR count). The second-order valence-corrected chi connectivity index (χ2v) is 8.89. The van der Waals surface area contributed by atoms with Crippen LogP contribution in [-0.4, -0.2) is 46.2 Å². The van der Waals surface area contributed by atoms with E-state index in [1.807, 2.05) is 67.3 Å². The third kappa shape index (κ3) is 2.47. The van der Waals surface area contributed by atoms with Gasteiger partial charge in [-0.25, -0.2) is 0 Å². The summed E-state index contributed by atoms with van der Waals surface area (Å²) in [5.41, 5.74) is 3.07. The van der Waals surface area contributed by atoms with Crippen LogP contribution in [0, 0.1) is 5.92 Å². The van der Waals surface area contributed by atoms with Crippen LogP contribution < -0.4 is 0 Å². The monoisotopic (exact) mass is 401 g/mol. The fourth-order valence-electron chi connectivity index (χ4n) is 5.51. The van der Waals surface area contributed by atoms with Gasteiger partial charge in [-0.05, 0) is 29.5 Å². The van der Waals surface area contributed by atoms with Crippen LogP contribution in [0.25, 0.3) is 10.9 Å². The van der Waals surface area contributed by atoms with Gasteiger partial charge in [0.2, 0.25) is 5.91 Å². The number of piperazine rings is 1. The number of para-hydroxylation sites is 1. The maximum atomic E-state index is 14.1. The molecule has 5 nitrogen and oxygen atoms in total. The molecule has 0 bridgehead atoms. The number of aromatic nitrogens is 1. The molecule has 3 aromatic rings. The third-order valence-corrected chi connectivity index (χ3v) is 6.82. The molecular formula is C25H27N3O2. The largest absolute Gasteiger partial charge is 0.356 e. The lowest BCUT2D eigenvalue weighted by atomic mass is 9.75. The van der Waals surface area contributed by atoms with Gasteiger partial charge in [0.15, 0.2) is 5.54 Å². The van der Waals surface area contributed by atoms with Crippen molar-refractivity contribution in [1.82, 2.24) is 14.8 Å². The highest BCUT2D eigenvalue weighted by Gasteiger charge is 2.59. The molecule has 154 valence electrons. The van der Waals surface area contributed by atoms with Crippen LogP contribution in [0.3, 0.4) is 0 Å². The average molecular weight is 402 g/mol. The van der Waals surface area contributed by atoms with E-state index in [-0.39, 0.29) is 17.7 Å². The zero-order chi connectivity index (χ0) is 21.0. The van der Waals surface area contributed by atoms with Crippen molar-refractivity contribution in [3.05, 3.63) is 71.4 Å². The van der Waals surface area contributed by atoms with Gasteiger partial charge in [0.1, 0.15) is 6.04 Å². The standard InChI is InChI=1S/C25H27N3O2/c1-16(2)21-23(29)28-14-13-19-18-11-7-8-12-20(18)26-22(19)25(28,24(30)27(21)3)15-17-9-5-4-6-10-17/h4-12,16,21,26H,13-15H2,1-3H3/t21-,25?/m0/s1. The van der Waals surface area contributed by atoms with Crippen LogP contribution in [0.2, 0.25) is 0 Å². The SMILES string of the molecule is CC(C)[C@H]1C(=O)N2CCc3c([nH]c4ccccc34)C2(Cc2ccccc2)C(=O)N1C. The highest BCUT2D eigenvalue weighted by molar-refractivity contribution is 6.02. The molecule has 0 radical (unpaired) electrons. The Morgan fingerprint density at radius 1 is 1.07 bits per heavy atom. The summed E-state index contributed by atoms with van der Waals surface area (Å²) in [6.45, 7) is 4.58. The van der Waals surface area contributed by atoms with Crippen LogP contribution in [-0.2, 0) is 28.0 Å². The maximum absolute atomic E-state index is 14.1. The summed E-state index contributed by atoms with van der Waals surface area (Å²) in [5, 5.41) is 1.15. The summed E-state index contributed by atoms with van der Waals surface area (Å²) < 4.78 is 0. The summed E-state index contributed by atoms with van der Waals surface area (Å²) in [6.07, 6.45) is 1.22. The van der Waals surface area contributed by atoms with Crippen LogP contribution >= 0.6 is 0 Å². The van der Waals surface area contributed by atoms with Gasteiger partial charge in [0, 0.05) is 30.9 Å². The quantitative estimate of drug-likeness (QED) is 0.730. The number of H-pyrrole nitrogens is 1. The van der Waals surface area contributed by atoms with Gasteiger partial charge >= 0.3 is 0 Å². The minimum Gasteiger partial charge on any atom is -0.356 e. The number of aromatic amines is 1. The zero-order valence-corrected chi connectivity index (χ0v) is 17.7. The number of amides is 2. The lowest BCUT2D eigenvalue weighted by Crippen LogP contribution is -2.72. The molecule has 2 amide bonds. The Bertz CT molecular complexity index is 1130. The molecule has 30 heavy (non-hydrogen) atoms. The molecule has 0 spiro atoms. The lowest BCUT2D eigenvalue weighted by Gasteiger charge is -2.54. The first-order valence-electron chi connectivity index (χ1n) is 10.7. The highest BCUT2D eigenvalue weighted by Crippen LogP contribution is 2.45. The number of nitrogens with one attached hydrogen (secondary N) is 1. The molecule has 2 aliphatic rings. The molecule has 1 saturated heterocycles. The summed E-state index contributed by atoms with van der Waals surface area (Å²) in [6, 6.07) is 17.8. The number of carbonyl (C=O) groups excluding carboxylic acids is 2. The number of rotatable bonds is 3. The summed E-state index contributed by atoms with van der Waals surface area (Å²) in [7, 11) is 1.78. The third-order valence-electron chi connectivity index (χ3n) is 6.82. The number of fused-ring (bicyclic) bond motifs is 5. The number of nitrogens with zero attached hydrogens (tertiary/aromatic N) is 2. The molecule has 5 heteroatoms. The zero-order valence-electron chi connectivity index (χ0n) is 17.7. The summed E-state index contributed by atoms with van der Waals surface area (Å²) in [4.78, 5) is 34.9. The molecule has 2 aliphatic heterocycles. The fourth-order valence-corrected chi connectivity index (χ4v) is 5.51. The molecule has 2 aromatic carbocycles. The summed E-state index contributed by atoms with van der Waals surface area (Å²) >= 11 is 0. The molecule has 1 fully saturated rings. The van der Waals surface area contributed by atoms with Crippen molar-refractivity contribution in [2.45, 2.75) is 38.3 Å². The molecular weight excluding hydrogens is 374 g/mol. The molecule has 0 saturated carbocycles. The highest BCUT2D eigenvalue weighted by atomic mass is 16.2. The number of hydrogen-bond acceptors (Lipinski definition) is 2. The van der Waals surface area contributed by atoms with E-state index >= 15 is 0 Å². The van der Waals surface area contributed by atoms with E-state index in [0.29, 0.717) is 13.0 Å². The number of benzene rings is 2. The van der Waals surface area contributed by atoms with Crippen molar-refractivity contribution in [3.8, 4) is 0 Å². The van der Waals surface area contributed by atoms with Gasteiger partial charge in [-0.3, -0.25) is 9.59 Å². The Labute approximate surface area is 176 Å². The van der Waals surface area contributed by atoms with Gasteiger partial charge < -0.3 is 14.8 Å². The lowest BCUT2D eigenvalue weighted by molar-refractivity contribution is -0.173. The predicted octanol–water partition coefficient (Wildman–Crippen LogP) is 3.49. The fraction of sp³-hybridized carbons (Fsp3) is 0.360. The van der Waals surface area contributed by atoms with E-state index < -0.39 is 11.6 Å². The van der Waals surface area contributed by atoms with Crippen molar-refractivity contribution in [2.24, 2.45) is 5.92 Å². The average Bonchev–Trinajstić information content (AvgIpc) is 3.12. The molecule has 0 aliphatic carbocycles. The Morgan fingerprint density at radius 2 is 1.77 bits per heavy atom. The molecule has 1 unspecified atom stereocenters. The van der Waals surface area contributed by atoms with Crippen molar-refractivity contribution < 1.29 is 9.59 Å². The van der Waals surface area contributed by atoms with Gasteiger partial charge in [-0.2, -0.15) is 0 Å². The summed E-state index contributed by atoms with van der Waals surface area (Å²) in [5.74, 6) is 0.106. The second-order valence-electron chi connectivity index (χ2n) is 8.89. The smallest absolute Gasteiger partial charge is 0.255 e. The Hall–Kier alpha value is -3.08. The van der Waals surface area contributed by atoms with E-state index in [9.17, 15) is 9.59 Å². The Kier molecular flexibility index (Phi) is 4.24. The van der Waals surface area contributed by atoms with E-state index in [1.165, 1.54) is 0 Å². The minimum absolute atomic E-state index is 0.00263. The second kappa shape index (κ2) is 6.73. The first-order chi connectivity index (χ1) is 14.4. The Balaban J connectivity index is 1.77. The molecule has 1 aromatic heterocycles. The van der Waals surface area contributed by atoms with Gasteiger partial charge in [-0.1, -0.05) is 62.4 Å². The van der Waals surface area contributed by atoms with E-state index in [4.69, 9.17) is 0 Å². The maximum Gasteiger partial charge on any atom is 0.255 e. The van der Waals surface area contributed by atoms with Crippen LogP contribution in [0.1, 0.15) is 30.7 Å². The number of likely N-dealkylation sites (N-methyl/N-ethyl adjacent to an activating group) is 1. The van der Waals surface area contributed by atoms with E-state index in [2.05, 4.69) is 11.1 Å². The van der Waals surface area contributed by atoms with Crippen molar-refractivity contribution >= 4 is 22.7 Å². The molecule has 1 N–H and O–H groups in total. The van der Waals surface area contributed by atoms with Gasteiger partial charge in [0.25, 0.3) is 5.91 Å². The topological polar surface area (TPSA) is 56.4 Å². The molecule has 2 atom stereocenters. The van der Waals surface area contributed by atoms with Crippen LogP contribution in [0.15, 0.2) is 54.6 Å². The Morgan fingerprint density at radius 3 is 2.50 bits per heavy atom. The number of hydrogen-bond donors (Lipinski definition) is 1. The predicted molar refractivity (Wildman–Crippen MR) is 117 cm³/mol. The first kappa shape index (κ1) is 18.9. The normalized spacial score (nSPS) is 23.8. The van der Waals surface area contributed by atoms with Gasteiger partial charge in [0.05, 0.1) is 5.69 Å². The van der Waals surface area contributed by atoms with Crippen LogP contribution in [0.4, 0.5) is 0 Å². The van der Waals surface area contributed by atoms with E-state index in [0.717, 1.165) is 34.1 Å². The minimum atomic E-state index is -1.04. The van der Waals surface area contributed by atoms with Gasteiger partial charge in [-0.15, -0.1) is 0 Å². The van der Waals surface area contributed by atoms with Crippen molar-refractivity contribution in [3.63, 3.8) is 0 Å². The van der Waals surface area contributed by atoms with Crippen molar-refractivity contribution in [2.75, 3.05) is 13.6 Å².